The fourth-order valence-corrected chi connectivity index (χ4v) is 5.48. The Labute approximate surface area is 285 Å². The number of hydrogen-bond donors (Lipinski definition) is 1. The molecule has 0 unspecified atom stereocenters. The minimum Gasteiger partial charge on any atom is -0.463 e. The van der Waals surface area contributed by atoms with Crippen LogP contribution in [0, 0.1) is 6.92 Å². The number of ether oxygens (including phenoxy) is 7. The van der Waals surface area contributed by atoms with Gasteiger partial charge in [-0.25, -0.2) is 0 Å². The summed E-state index contributed by atoms with van der Waals surface area (Å²) in [4.78, 5) is 48.9. The second-order valence-corrected chi connectivity index (χ2v) is 11.6. The van der Waals surface area contributed by atoms with Crippen molar-refractivity contribution >= 4 is 23.8 Å². The van der Waals surface area contributed by atoms with Gasteiger partial charge in [-0.15, -0.1) is 0 Å². The smallest absolute Gasteiger partial charge is 0.303 e. The molecular weight excluding hydrogens is 634 g/mol. The van der Waals surface area contributed by atoms with Crippen molar-refractivity contribution in [1.82, 2.24) is 5.32 Å². The Bertz CT molecular complexity index is 1590. The van der Waals surface area contributed by atoms with E-state index < -0.39 is 42.0 Å². The number of hydrogen-bond acceptors (Lipinski definition) is 11. The maximum absolute atomic E-state index is 12.6. The number of benzene rings is 3. The van der Waals surface area contributed by atoms with Gasteiger partial charge in [0.1, 0.15) is 12.4 Å². The topological polar surface area (TPSA) is 145 Å². The van der Waals surface area contributed by atoms with E-state index in [-0.39, 0.29) is 38.8 Å². The van der Waals surface area contributed by atoms with Crippen LogP contribution in [0.15, 0.2) is 72.8 Å². The molecule has 1 aliphatic heterocycles. The maximum Gasteiger partial charge on any atom is 0.303 e. The van der Waals surface area contributed by atoms with Gasteiger partial charge < -0.3 is 38.5 Å². The van der Waals surface area contributed by atoms with Gasteiger partial charge >= 0.3 is 17.9 Å². The van der Waals surface area contributed by atoms with Crippen molar-refractivity contribution in [3.63, 3.8) is 0 Å². The summed E-state index contributed by atoms with van der Waals surface area (Å²) in [6.45, 7) is 5.87. The van der Waals surface area contributed by atoms with Crippen molar-refractivity contribution in [2.24, 2.45) is 0 Å². The van der Waals surface area contributed by atoms with Crippen molar-refractivity contribution in [2.45, 2.75) is 64.8 Å². The summed E-state index contributed by atoms with van der Waals surface area (Å²) in [5, 5.41) is 2.63. The van der Waals surface area contributed by atoms with Crippen LogP contribution >= 0.6 is 0 Å². The molecule has 1 amide bonds. The summed E-state index contributed by atoms with van der Waals surface area (Å²) in [5.41, 5.74) is 2.11. The molecule has 1 heterocycles. The molecule has 0 bridgehead atoms. The number of carbonyl (C=O) groups excluding carboxylic acids is 4. The first-order valence-corrected chi connectivity index (χ1v) is 16.0. The second kappa shape index (κ2) is 17.6. The number of rotatable bonds is 15. The van der Waals surface area contributed by atoms with Crippen molar-refractivity contribution < 1.29 is 52.3 Å². The molecule has 0 aliphatic carbocycles. The summed E-state index contributed by atoms with van der Waals surface area (Å²) >= 11 is 0. The summed E-state index contributed by atoms with van der Waals surface area (Å²) < 4.78 is 41.4. The molecule has 49 heavy (non-hydrogen) atoms. The van der Waals surface area contributed by atoms with Gasteiger partial charge in [-0.2, -0.15) is 0 Å². The van der Waals surface area contributed by atoms with Crippen molar-refractivity contribution in [1.29, 1.82) is 0 Å². The zero-order valence-electron chi connectivity index (χ0n) is 28.4. The van der Waals surface area contributed by atoms with Crippen LogP contribution in [0.5, 0.6) is 5.75 Å². The molecule has 12 heteroatoms. The molecule has 0 radical (unpaired) electrons. The minimum absolute atomic E-state index is 0.0213. The van der Waals surface area contributed by atoms with E-state index in [2.05, 4.69) is 5.32 Å². The van der Waals surface area contributed by atoms with E-state index in [1.54, 1.807) is 31.3 Å². The molecule has 0 aromatic heterocycles. The van der Waals surface area contributed by atoms with Crippen LogP contribution in [0.3, 0.4) is 0 Å². The average molecular weight is 678 g/mol. The summed E-state index contributed by atoms with van der Waals surface area (Å²) in [5.74, 6) is -1.65. The quantitative estimate of drug-likeness (QED) is 0.137. The van der Waals surface area contributed by atoms with E-state index in [0.717, 1.165) is 16.7 Å². The Hall–Kier alpha value is -4.78. The zero-order valence-corrected chi connectivity index (χ0v) is 28.4. The highest BCUT2D eigenvalue weighted by molar-refractivity contribution is 5.95. The number of amides is 1. The van der Waals surface area contributed by atoms with E-state index >= 15 is 0 Å². The minimum atomic E-state index is -1.75. The first kappa shape index (κ1) is 37.0. The van der Waals surface area contributed by atoms with Gasteiger partial charge in [0.15, 0.2) is 6.10 Å². The van der Waals surface area contributed by atoms with Gasteiger partial charge in [-0.3, -0.25) is 19.2 Å². The molecule has 12 nitrogen and oxygen atoms in total. The van der Waals surface area contributed by atoms with Crippen LogP contribution in [0.4, 0.5) is 0 Å². The largest absolute Gasteiger partial charge is 0.463 e. The third-order valence-electron chi connectivity index (χ3n) is 7.76. The predicted molar refractivity (Wildman–Crippen MR) is 178 cm³/mol. The maximum atomic E-state index is 12.6. The molecule has 0 saturated carbocycles. The number of aryl methyl sites for hydroxylation is 1. The number of esters is 3. The highest BCUT2D eigenvalue weighted by Crippen LogP contribution is 2.39. The summed E-state index contributed by atoms with van der Waals surface area (Å²) in [7, 11) is 1.57. The lowest BCUT2D eigenvalue weighted by molar-refractivity contribution is -0.309. The van der Waals surface area contributed by atoms with E-state index in [4.69, 9.17) is 33.2 Å². The van der Waals surface area contributed by atoms with E-state index in [1.807, 2.05) is 55.5 Å². The van der Waals surface area contributed by atoms with Gasteiger partial charge in [0, 0.05) is 39.8 Å². The molecule has 4 rings (SSSR count). The number of carbonyl (C=O) groups is 4. The van der Waals surface area contributed by atoms with Crippen LogP contribution in [0.25, 0.3) is 11.1 Å². The highest BCUT2D eigenvalue weighted by Gasteiger charge is 2.59. The normalized spacial score (nSPS) is 20.1. The lowest BCUT2D eigenvalue weighted by atomic mass is 9.88. The van der Waals surface area contributed by atoms with Crippen LogP contribution in [-0.2, 0) is 49.4 Å². The predicted octanol–water partition coefficient (Wildman–Crippen LogP) is 4.55. The van der Waals surface area contributed by atoms with Gasteiger partial charge in [0.05, 0.1) is 32.5 Å². The van der Waals surface area contributed by atoms with Crippen LogP contribution in [0.2, 0.25) is 0 Å². The molecule has 0 spiro atoms. The zero-order chi connectivity index (χ0) is 35.4. The van der Waals surface area contributed by atoms with Gasteiger partial charge in [-0.1, -0.05) is 48.5 Å². The van der Waals surface area contributed by atoms with E-state index in [0.29, 0.717) is 23.5 Å². The highest BCUT2D eigenvalue weighted by atomic mass is 16.7. The molecule has 1 fully saturated rings. The van der Waals surface area contributed by atoms with Gasteiger partial charge in [0.2, 0.25) is 11.9 Å². The fourth-order valence-electron chi connectivity index (χ4n) is 5.48. The molecule has 1 aliphatic rings. The lowest BCUT2D eigenvalue weighted by Crippen LogP contribution is -2.67. The second-order valence-electron chi connectivity index (χ2n) is 11.6. The Morgan fingerprint density at radius 2 is 1.59 bits per heavy atom. The standard InChI is InChI=1S/C37H43NO11/c1-24-18-30(29-12-9-13-31(19-29)35(42)38-5)14-15-33(24)48-36-37(49-27(4)41,23-44-17-16-43-21-28-10-7-6-8-11-28)34(46-26(3)40)20-32(47-36)22-45-25(2)39/h6-15,18-19,32,34,36H,16-17,20-23H2,1-5H3,(H,38,42)/t32-,34-,36+,37-/m0/s1. The van der Waals surface area contributed by atoms with E-state index in [9.17, 15) is 19.2 Å². The summed E-state index contributed by atoms with van der Waals surface area (Å²) in [6.07, 6.45) is -3.21. The molecule has 4 atom stereocenters. The monoisotopic (exact) mass is 677 g/mol. The third-order valence-corrected chi connectivity index (χ3v) is 7.76. The first-order chi connectivity index (χ1) is 23.5. The van der Waals surface area contributed by atoms with Crippen LogP contribution < -0.4 is 10.1 Å². The average Bonchev–Trinajstić information content (AvgIpc) is 3.07. The number of nitrogens with one attached hydrogen (secondary N) is 1. The van der Waals surface area contributed by atoms with Crippen molar-refractivity contribution in [3.8, 4) is 16.9 Å². The third kappa shape index (κ3) is 10.4. The Kier molecular flexibility index (Phi) is 13.3. The molecule has 1 N–H and O–H groups in total. The molecule has 262 valence electrons. The van der Waals surface area contributed by atoms with Gasteiger partial charge in [-0.05, 0) is 53.4 Å². The van der Waals surface area contributed by atoms with Crippen LogP contribution in [0.1, 0.15) is 48.7 Å². The van der Waals surface area contributed by atoms with E-state index in [1.165, 1.54) is 20.8 Å². The van der Waals surface area contributed by atoms with Crippen LogP contribution in [-0.4, -0.2) is 81.4 Å². The van der Waals surface area contributed by atoms with Crippen molar-refractivity contribution in [2.75, 3.05) is 33.5 Å². The summed E-state index contributed by atoms with van der Waals surface area (Å²) in [6, 6.07) is 22.3. The SMILES string of the molecule is CNC(=O)c1cccc(-c2ccc(O[C@H]3O[C@H](COC(C)=O)C[C@H](OC(C)=O)[C@]3(COCCOCc3ccccc3)OC(C)=O)c(C)c2)c1. The Morgan fingerprint density at radius 3 is 2.27 bits per heavy atom. The lowest BCUT2D eigenvalue weighted by Gasteiger charge is -2.48. The molecule has 1 saturated heterocycles. The van der Waals surface area contributed by atoms with Gasteiger partial charge in [0.25, 0.3) is 5.91 Å². The molecular formula is C37H43NO11. The first-order valence-electron chi connectivity index (χ1n) is 16.0. The molecule has 3 aromatic carbocycles. The Balaban J connectivity index is 1.62. The Morgan fingerprint density at radius 1 is 0.857 bits per heavy atom. The van der Waals surface area contributed by atoms with Crippen molar-refractivity contribution in [3.05, 3.63) is 89.5 Å². The molecule has 3 aromatic rings. The fraction of sp³-hybridized carbons (Fsp3) is 0.405.